The molecule has 0 amide bonds. The van der Waals surface area contributed by atoms with Crippen molar-refractivity contribution in [3.05, 3.63) is 27.5 Å². The van der Waals surface area contributed by atoms with Crippen LogP contribution in [0.1, 0.15) is 28.0 Å². The second-order valence-electron chi connectivity index (χ2n) is 2.44. The molecule has 0 N–H and O–H groups in total. The van der Waals surface area contributed by atoms with Crippen LogP contribution in [0.25, 0.3) is 0 Å². The molecule has 1 rings (SSSR count). The van der Waals surface area contributed by atoms with Crippen molar-refractivity contribution in [2.75, 3.05) is 0 Å². The van der Waals surface area contributed by atoms with Crippen LogP contribution >= 0.6 is 27.5 Å². The first-order valence-corrected chi connectivity index (χ1v) is 4.91. The summed E-state index contributed by atoms with van der Waals surface area (Å²) in [6, 6.07) is 0. The van der Waals surface area contributed by atoms with E-state index in [0.717, 1.165) is 6.20 Å². The molecular formula is C8H5BrClF2NO. The number of hydrogen-bond donors (Lipinski definition) is 0. The number of hydrogen-bond acceptors (Lipinski definition) is 2. The molecule has 6 heteroatoms. The van der Waals surface area contributed by atoms with Crippen molar-refractivity contribution in [1.29, 1.82) is 0 Å². The Balaban J connectivity index is 3.38. The van der Waals surface area contributed by atoms with Crippen LogP contribution in [-0.4, -0.2) is 11.3 Å². The first kappa shape index (κ1) is 11.5. The number of halogens is 4. The van der Waals surface area contributed by atoms with Crippen molar-refractivity contribution < 1.29 is 13.6 Å². The average molecular weight is 284 g/mol. The maximum atomic E-state index is 12.5. The van der Waals surface area contributed by atoms with Crippen molar-refractivity contribution >= 4 is 33.8 Å². The number of nitrogens with zero attached hydrogens (tertiary/aromatic N) is 1. The highest BCUT2D eigenvalue weighted by Gasteiger charge is 2.19. The van der Waals surface area contributed by atoms with Crippen LogP contribution in [0.2, 0.25) is 0 Å². The Morgan fingerprint density at radius 2 is 2.29 bits per heavy atom. The minimum Gasteiger partial charge on any atom is -0.298 e. The van der Waals surface area contributed by atoms with E-state index in [1.54, 1.807) is 0 Å². The molecule has 2 nitrogen and oxygen atoms in total. The van der Waals surface area contributed by atoms with Gasteiger partial charge in [-0.2, -0.15) is 0 Å². The van der Waals surface area contributed by atoms with E-state index in [0.29, 0.717) is 12.0 Å². The Kier molecular flexibility index (Phi) is 3.95. The van der Waals surface area contributed by atoms with Gasteiger partial charge in [0, 0.05) is 21.8 Å². The largest absolute Gasteiger partial charge is 0.298 e. The Hall–Kier alpha value is -0.550. The van der Waals surface area contributed by atoms with E-state index < -0.39 is 6.43 Å². The second kappa shape index (κ2) is 4.79. The Morgan fingerprint density at radius 1 is 1.64 bits per heavy atom. The zero-order valence-corrected chi connectivity index (χ0v) is 9.15. The molecule has 0 aliphatic rings. The molecule has 0 fully saturated rings. The van der Waals surface area contributed by atoms with E-state index in [-0.39, 0.29) is 21.5 Å². The molecular weight excluding hydrogens is 279 g/mol. The Labute approximate surface area is 92.4 Å². The number of aromatic nitrogens is 1. The van der Waals surface area contributed by atoms with Crippen molar-refractivity contribution in [3.8, 4) is 0 Å². The lowest BCUT2D eigenvalue weighted by molar-refractivity contribution is 0.110. The molecule has 76 valence electrons. The van der Waals surface area contributed by atoms with Gasteiger partial charge < -0.3 is 0 Å². The van der Waals surface area contributed by atoms with E-state index in [4.69, 9.17) is 11.6 Å². The van der Waals surface area contributed by atoms with Gasteiger partial charge in [0.1, 0.15) is 0 Å². The highest BCUT2D eigenvalue weighted by atomic mass is 79.9. The summed E-state index contributed by atoms with van der Waals surface area (Å²) in [5, 5.41) is 0. The summed E-state index contributed by atoms with van der Waals surface area (Å²) < 4.78 is 25.2. The lowest BCUT2D eigenvalue weighted by Crippen LogP contribution is -2.00. The smallest absolute Gasteiger partial charge is 0.265 e. The topological polar surface area (TPSA) is 30.0 Å². The van der Waals surface area contributed by atoms with Gasteiger partial charge in [0.2, 0.25) is 0 Å². The number of alkyl halides is 3. The van der Waals surface area contributed by atoms with E-state index in [1.165, 1.54) is 0 Å². The third kappa shape index (κ3) is 2.09. The highest BCUT2D eigenvalue weighted by molar-refractivity contribution is 9.10. The maximum absolute atomic E-state index is 12.5. The third-order valence-electron chi connectivity index (χ3n) is 1.63. The molecule has 0 atom stereocenters. The third-order valence-corrected chi connectivity index (χ3v) is 2.77. The van der Waals surface area contributed by atoms with Gasteiger partial charge in [-0.05, 0) is 15.9 Å². The summed E-state index contributed by atoms with van der Waals surface area (Å²) in [7, 11) is 0. The molecule has 0 aliphatic heterocycles. The van der Waals surface area contributed by atoms with Crippen molar-refractivity contribution in [2.24, 2.45) is 0 Å². The molecule has 0 saturated carbocycles. The van der Waals surface area contributed by atoms with Gasteiger partial charge in [0.15, 0.2) is 6.29 Å². The van der Waals surface area contributed by atoms with Gasteiger partial charge in [0.05, 0.1) is 11.6 Å². The highest BCUT2D eigenvalue weighted by Crippen LogP contribution is 2.32. The van der Waals surface area contributed by atoms with E-state index in [9.17, 15) is 13.6 Å². The Bertz CT molecular complexity index is 359. The standard InChI is InChI=1S/C8H5BrClF2NO/c9-7-5(1-10)13-2-4(3-14)6(7)8(11)12/h2-3,8H,1H2. The fourth-order valence-electron chi connectivity index (χ4n) is 0.965. The lowest BCUT2D eigenvalue weighted by Gasteiger charge is -2.08. The number of carbonyl (C=O) groups excluding carboxylic acids is 1. The lowest BCUT2D eigenvalue weighted by atomic mass is 10.1. The first-order valence-electron chi connectivity index (χ1n) is 3.58. The fourth-order valence-corrected chi connectivity index (χ4v) is 1.97. The van der Waals surface area contributed by atoms with Gasteiger partial charge in [-0.3, -0.25) is 9.78 Å². The fraction of sp³-hybridized carbons (Fsp3) is 0.250. The monoisotopic (exact) mass is 283 g/mol. The predicted octanol–water partition coefficient (Wildman–Crippen LogP) is 3.33. The van der Waals surface area contributed by atoms with Crippen molar-refractivity contribution in [2.45, 2.75) is 12.3 Å². The van der Waals surface area contributed by atoms with Gasteiger partial charge in [-0.1, -0.05) is 0 Å². The maximum Gasteiger partial charge on any atom is 0.265 e. The second-order valence-corrected chi connectivity index (χ2v) is 3.50. The molecule has 0 unspecified atom stereocenters. The average Bonchev–Trinajstić information content (AvgIpc) is 2.16. The van der Waals surface area contributed by atoms with Crippen LogP contribution in [-0.2, 0) is 5.88 Å². The summed E-state index contributed by atoms with van der Waals surface area (Å²) in [5.41, 5.74) is -0.182. The predicted molar refractivity (Wildman–Crippen MR) is 51.8 cm³/mol. The summed E-state index contributed by atoms with van der Waals surface area (Å²) >= 11 is 8.43. The van der Waals surface area contributed by atoms with Crippen LogP contribution < -0.4 is 0 Å². The summed E-state index contributed by atoms with van der Waals surface area (Å²) in [5.74, 6) is 0.0133. The molecule has 0 aromatic carbocycles. The van der Waals surface area contributed by atoms with Gasteiger partial charge in [0.25, 0.3) is 6.43 Å². The number of aldehydes is 1. The number of pyridine rings is 1. The van der Waals surface area contributed by atoms with E-state index in [2.05, 4.69) is 20.9 Å². The van der Waals surface area contributed by atoms with Crippen molar-refractivity contribution in [3.63, 3.8) is 0 Å². The Morgan fingerprint density at radius 3 is 2.71 bits per heavy atom. The summed E-state index contributed by atoms with van der Waals surface area (Å²) in [4.78, 5) is 14.2. The molecule has 0 saturated heterocycles. The minimum absolute atomic E-state index is 0.0133. The van der Waals surface area contributed by atoms with Gasteiger partial charge in [-0.15, -0.1) is 11.6 Å². The van der Waals surface area contributed by atoms with Gasteiger partial charge >= 0.3 is 0 Å². The molecule has 0 spiro atoms. The molecule has 14 heavy (non-hydrogen) atoms. The SMILES string of the molecule is O=Cc1cnc(CCl)c(Br)c1C(F)F. The first-order chi connectivity index (χ1) is 6.61. The molecule has 0 radical (unpaired) electrons. The van der Waals surface area contributed by atoms with Gasteiger partial charge in [-0.25, -0.2) is 8.78 Å². The normalized spacial score (nSPS) is 10.6. The van der Waals surface area contributed by atoms with Crippen LogP contribution in [0, 0.1) is 0 Å². The summed E-state index contributed by atoms with van der Waals surface area (Å²) in [6.45, 7) is 0. The minimum atomic E-state index is -2.73. The number of rotatable bonds is 3. The molecule has 0 bridgehead atoms. The molecule has 1 aromatic heterocycles. The van der Waals surface area contributed by atoms with Crippen LogP contribution in [0.5, 0.6) is 0 Å². The van der Waals surface area contributed by atoms with Crippen molar-refractivity contribution in [1.82, 2.24) is 4.98 Å². The van der Waals surface area contributed by atoms with Crippen LogP contribution in [0.4, 0.5) is 8.78 Å². The van der Waals surface area contributed by atoms with Crippen LogP contribution in [0.3, 0.4) is 0 Å². The quantitative estimate of drug-likeness (QED) is 0.629. The van der Waals surface area contributed by atoms with Crippen LogP contribution in [0.15, 0.2) is 10.7 Å². The zero-order valence-electron chi connectivity index (χ0n) is 6.81. The molecule has 1 heterocycles. The number of carbonyl (C=O) groups is 1. The zero-order chi connectivity index (χ0) is 10.7. The molecule has 1 aromatic rings. The molecule has 0 aliphatic carbocycles. The van der Waals surface area contributed by atoms with E-state index >= 15 is 0 Å². The summed E-state index contributed by atoms with van der Waals surface area (Å²) in [6.07, 6.45) is -1.29. The van der Waals surface area contributed by atoms with E-state index in [1.807, 2.05) is 0 Å².